The molecule has 0 bridgehead atoms. The normalized spacial score (nSPS) is 22.1. The number of carboxylic acids is 1. The van der Waals surface area contributed by atoms with Crippen LogP contribution in [0, 0.1) is 6.92 Å². The Morgan fingerprint density at radius 3 is 3.07 bits per heavy atom. The number of carbonyl (C=O) groups is 1. The Bertz CT molecular complexity index is 358. The Morgan fingerprint density at radius 1 is 1.67 bits per heavy atom. The maximum absolute atomic E-state index is 10.9. The number of rotatable bonds is 3. The average Bonchev–Trinajstić information content (AvgIpc) is 2.75. The third-order valence-corrected chi connectivity index (χ3v) is 2.80. The maximum atomic E-state index is 10.9. The number of aliphatic carboxylic acids is 1. The van der Waals surface area contributed by atoms with Crippen molar-refractivity contribution in [2.75, 3.05) is 6.54 Å². The van der Waals surface area contributed by atoms with Crippen LogP contribution in [0.3, 0.4) is 0 Å². The number of carboxylic acid groups (broad SMARTS) is 1. The van der Waals surface area contributed by atoms with Crippen molar-refractivity contribution < 1.29 is 14.3 Å². The molecule has 1 atom stereocenters. The highest BCUT2D eigenvalue weighted by atomic mass is 16.4. The molecule has 0 aromatic carbocycles. The molecule has 4 nitrogen and oxygen atoms in total. The van der Waals surface area contributed by atoms with Gasteiger partial charge in [-0.05, 0) is 38.4 Å². The molecule has 1 unspecified atom stereocenters. The molecule has 0 saturated carbocycles. The van der Waals surface area contributed by atoms with E-state index >= 15 is 0 Å². The fraction of sp³-hybridized carbons (Fsp3) is 0.545. The van der Waals surface area contributed by atoms with Crippen LogP contribution in [0.5, 0.6) is 0 Å². The van der Waals surface area contributed by atoms with Crippen LogP contribution in [-0.2, 0) is 11.3 Å². The monoisotopic (exact) mass is 209 g/mol. The minimum atomic E-state index is -0.726. The van der Waals surface area contributed by atoms with Gasteiger partial charge in [-0.3, -0.25) is 9.69 Å². The van der Waals surface area contributed by atoms with Crippen LogP contribution in [0.15, 0.2) is 16.5 Å². The molecular formula is C11H15NO3. The Kier molecular flexibility index (Phi) is 2.77. The summed E-state index contributed by atoms with van der Waals surface area (Å²) in [6.45, 7) is 3.34. The predicted molar refractivity (Wildman–Crippen MR) is 54.5 cm³/mol. The first kappa shape index (κ1) is 10.2. The Hall–Kier alpha value is -1.29. The number of hydrogen-bond donors (Lipinski definition) is 1. The van der Waals surface area contributed by atoms with Crippen LogP contribution < -0.4 is 0 Å². The molecule has 2 rings (SSSR count). The number of likely N-dealkylation sites (tertiary alicyclic amines) is 1. The van der Waals surface area contributed by atoms with E-state index in [9.17, 15) is 4.79 Å². The van der Waals surface area contributed by atoms with Crippen molar-refractivity contribution in [2.45, 2.75) is 32.4 Å². The minimum absolute atomic E-state index is 0.338. The van der Waals surface area contributed by atoms with Gasteiger partial charge in [0.1, 0.15) is 17.6 Å². The van der Waals surface area contributed by atoms with Crippen LogP contribution in [0.25, 0.3) is 0 Å². The van der Waals surface area contributed by atoms with E-state index in [4.69, 9.17) is 9.52 Å². The number of aryl methyl sites for hydroxylation is 1. The van der Waals surface area contributed by atoms with Crippen molar-refractivity contribution in [1.29, 1.82) is 0 Å². The van der Waals surface area contributed by atoms with Gasteiger partial charge in [0.15, 0.2) is 0 Å². The fourth-order valence-electron chi connectivity index (χ4n) is 2.07. The third kappa shape index (κ3) is 2.21. The van der Waals surface area contributed by atoms with Gasteiger partial charge in [0.2, 0.25) is 0 Å². The Balaban J connectivity index is 2.02. The quantitative estimate of drug-likeness (QED) is 0.822. The summed E-state index contributed by atoms with van der Waals surface area (Å²) >= 11 is 0. The zero-order valence-electron chi connectivity index (χ0n) is 8.77. The standard InChI is InChI=1S/C11H15NO3/c1-8-4-5-9(15-8)7-12-6-2-3-10(12)11(13)14/h4-5,10H,2-3,6-7H2,1H3,(H,13,14). The van der Waals surface area contributed by atoms with Crippen molar-refractivity contribution in [1.82, 2.24) is 4.90 Å². The first-order valence-electron chi connectivity index (χ1n) is 5.19. The second kappa shape index (κ2) is 4.06. The van der Waals surface area contributed by atoms with Gasteiger partial charge >= 0.3 is 5.97 Å². The van der Waals surface area contributed by atoms with Crippen molar-refractivity contribution >= 4 is 5.97 Å². The van der Waals surface area contributed by atoms with Gasteiger partial charge in [-0.25, -0.2) is 0 Å². The van der Waals surface area contributed by atoms with E-state index in [1.807, 2.05) is 24.0 Å². The molecule has 1 fully saturated rings. The zero-order chi connectivity index (χ0) is 10.8. The molecule has 2 heterocycles. The largest absolute Gasteiger partial charge is 0.480 e. The van der Waals surface area contributed by atoms with Crippen molar-refractivity contribution in [3.63, 3.8) is 0 Å². The van der Waals surface area contributed by atoms with E-state index in [-0.39, 0.29) is 6.04 Å². The summed E-state index contributed by atoms with van der Waals surface area (Å²) in [5, 5.41) is 8.99. The van der Waals surface area contributed by atoms with Crippen LogP contribution in [0.4, 0.5) is 0 Å². The summed E-state index contributed by atoms with van der Waals surface area (Å²) in [6, 6.07) is 3.48. The van der Waals surface area contributed by atoms with Gasteiger partial charge < -0.3 is 9.52 Å². The lowest BCUT2D eigenvalue weighted by Gasteiger charge is -2.19. The van der Waals surface area contributed by atoms with E-state index in [2.05, 4.69) is 0 Å². The molecule has 1 aromatic heterocycles. The molecule has 1 N–H and O–H groups in total. The third-order valence-electron chi connectivity index (χ3n) is 2.80. The van der Waals surface area contributed by atoms with Gasteiger partial charge in [0.25, 0.3) is 0 Å². The molecule has 0 amide bonds. The highest BCUT2D eigenvalue weighted by Gasteiger charge is 2.30. The van der Waals surface area contributed by atoms with Crippen molar-refractivity contribution in [3.8, 4) is 0 Å². The summed E-state index contributed by atoms with van der Waals surface area (Å²) in [4.78, 5) is 12.9. The Labute approximate surface area is 88.5 Å². The minimum Gasteiger partial charge on any atom is -0.480 e. The lowest BCUT2D eigenvalue weighted by Crippen LogP contribution is -2.35. The maximum Gasteiger partial charge on any atom is 0.320 e. The topological polar surface area (TPSA) is 53.7 Å². The molecule has 82 valence electrons. The summed E-state index contributed by atoms with van der Waals surface area (Å²) < 4.78 is 5.44. The SMILES string of the molecule is Cc1ccc(CN2CCCC2C(=O)O)o1. The zero-order valence-corrected chi connectivity index (χ0v) is 8.77. The highest BCUT2D eigenvalue weighted by Crippen LogP contribution is 2.20. The van der Waals surface area contributed by atoms with E-state index in [0.717, 1.165) is 30.9 Å². The number of furan rings is 1. The molecule has 0 aliphatic carbocycles. The van der Waals surface area contributed by atoms with Crippen molar-refractivity contribution in [3.05, 3.63) is 23.7 Å². The second-order valence-corrected chi connectivity index (χ2v) is 3.98. The fourth-order valence-corrected chi connectivity index (χ4v) is 2.07. The predicted octanol–water partition coefficient (Wildman–Crippen LogP) is 1.64. The van der Waals surface area contributed by atoms with Gasteiger partial charge in [0.05, 0.1) is 6.54 Å². The van der Waals surface area contributed by atoms with E-state index in [1.165, 1.54) is 0 Å². The highest BCUT2D eigenvalue weighted by molar-refractivity contribution is 5.73. The van der Waals surface area contributed by atoms with Crippen LogP contribution >= 0.6 is 0 Å². The van der Waals surface area contributed by atoms with Gasteiger partial charge in [0, 0.05) is 0 Å². The molecule has 1 aromatic rings. The van der Waals surface area contributed by atoms with E-state index in [0.29, 0.717) is 6.54 Å². The first-order valence-corrected chi connectivity index (χ1v) is 5.19. The van der Waals surface area contributed by atoms with Gasteiger partial charge in [-0.1, -0.05) is 0 Å². The number of nitrogens with zero attached hydrogens (tertiary/aromatic N) is 1. The van der Waals surface area contributed by atoms with Crippen molar-refractivity contribution in [2.24, 2.45) is 0 Å². The molecule has 15 heavy (non-hydrogen) atoms. The Morgan fingerprint density at radius 2 is 2.47 bits per heavy atom. The molecule has 1 aliphatic heterocycles. The van der Waals surface area contributed by atoms with Crippen LogP contribution in [-0.4, -0.2) is 28.6 Å². The molecule has 0 spiro atoms. The summed E-state index contributed by atoms with van der Waals surface area (Å²) in [6.07, 6.45) is 1.70. The summed E-state index contributed by atoms with van der Waals surface area (Å²) in [7, 11) is 0. The summed E-state index contributed by atoms with van der Waals surface area (Å²) in [5.41, 5.74) is 0. The number of hydrogen-bond acceptors (Lipinski definition) is 3. The van der Waals surface area contributed by atoms with Crippen LogP contribution in [0.1, 0.15) is 24.4 Å². The van der Waals surface area contributed by atoms with E-state index in [1.54, 1.807) is 0 Å². The van der Waals surface area contributed by atoms with Gasteiger partial charge in [-0.15, -0.1) is 0 Å². The van der Waals surface area contributed by atoms with E-state index < -0.39 is 5.97 Å². The first-order chi connectivity index (χ1) is 7.16. The molecule has 1 saturated heterocycles. The second-order valence-electron chi connectivity index (χ2n) is 3.98. The average molecular weight is 209 g/mol. The molecule has 4 heteroatoms. The lowest BCUT2D eigenvalue weighted by molar-refractivity contribution is -0.142. The summed E-state index contributed by atoms with van der Waals surface area (Å²) in [5.74, 6) is 0.993. The molecule has 0 radical (unpaired) electrons. The van der Waals surface area contributed by atoms with Crippen LogP contribution in [0.2, 0.25) is 0 Å². The lowest BCUT2D eigenvalue weighted by atomic mass is 10.2. The molecule has 1 aliphatic rings. The molecular weight excluding hydrogens is 194 g/mol. The van der Waals surface area contributed by atoms with Gasteiger partial charge in [-0.2, -0.15) is 0 Å². The smallest absolute Gasteiger partial charge is 0.320 e.